The molecule has 4 rings (SSSR count). The molecule has 0 saturated heterocycles. The van der Waals surface area contributed by atoms with Gasteiger partial charge in [-0.05, 0) is 56.0 Å². The van der Waals surface area contributed by atoms with E-state index in [9.17, 15) is 29.4 Å². The third kappa shape index (κ3) is 10.3. The number of unbranched alkanes of at least 4 members (excludes halogenated alkanes) is 3. The molecule has 0 aliphatic carbocycles. The third-order valence-electron chi connectivity index (χ3n) is 9.90. The molecule has 0 aliphatic heterocycles. The fourth-order valence-electron chi connectivity index (χ4n) is 6.75. The lowest BCUT2D eigenvalue weighted by Gasteiger charge is -2.24. The second kappa shape index (κ2) is 19.4. The Balaban J connectivity index is 1.66. The number of carboxylic acid groups (broad SMARTS) is 1. The first-order chi connectivity index (χ1) is 25.5. The summed E-state index contributed by atoms with van der Waals surface area (Å²) in [5, 5.41) is 19.4. The largest absolute Gasteiger partial charge is 0.480 e. The number of aliphatic hydroxyl groups excluding tert-OH is 1. The van der Waals surface area contributed by atoms with Crippen molar-refractivity contribution in [1.82, 2.24) is 23.6 Å². The van der Waals surface area contributed by atoms with E-state index in [1.54, 1.807) is 12.1 Å². The number of likely N-dealkylation sites (N-methyl/N-ethyl adjacent to an activating group) is 1. The van der Waals surface area contributed by atoms with Crippen LogP contribution in [0.3, 0.4) is 0 Å². The van der Waals surface area contributed by atoms with E-state index in [-0.39, 0.29) is 38.1 Å². The Morgan fingerprint density at radius 3 is 2.30 bits per heavy atom. The van der Waals surface area contributed by atoms with E-state index < -0.39 is 28.5 Å². The summed E-state index contributed by atoms with van der Waals surface area (Å²) in [4.78, 5) is 60.3. The van der Waals surface area contributed by atoms with Crippen molar-refractivity contribution in [2.45, 2.75) is 96.8 Å². The standard InChI is InChI=1S/C39H56N8O6/c1-3-19-47-36(50)34-35(43-33(25-28-12-8-7-9-13-28)45(34)22-21-44(4-2)23-24-48)46(38(47)53)20-16-29-14-15-30(26-31(29)41)32(49)27-39(42,37(51)52)17-10-5-6-11-18-40/h7-9,12-15,26,48H,3-6,10-11,16-25,27,40-42H2,1-2H3,(H,51,52). The van der Waals surface area contributed by atoms with Crippen molar-refractivity contribution in [2.75, 3.05) is 38.5 Å². The van der Waals surface area contributed by atoms with E-state index in [0.717, 1.165) is 31.4 Å². The van der Waals surface area contributed by atoms with Crippen molar-refractivity contribution < 1.29 is 19.8 Å². The van der Waals surface area contributed by atoms with E-state index in [1.807, 2.05) is 48.7 Å². The van der Waals surface area contributed by atoms with Crippen molar-refractivity contribution in [2.24, 2.45) is 11.5 Å². The highest BCUT2D eigenvalue weighted by Gasteiger charge is 2.36. The summed E-state index contributed by atoms with van der Waals surface area (Å²) in [6.45, 7) is 7.15. The zero-order chi connectivity index (χ0) is 38.5. The van der Waals surface area contributed by atoms with Gasteiger partial charge < -0.3 is 32.0 Å². The van der Waals surface area contributed by atoms with Gasteiger partial charge in [-0.25, -0.2) is 9.78 Å². The van der Waals surface area contributed by atoms with Gasteiger partial charge in [0.2, 0.25) is 0 Å². The fraction of sp³-hybridized carbons (Fsp3) is 0.513. The number of carboxylic acids is 1. The van der Waals surface area contributed by atoms with Crippen molar-refractivity contribution in [3.8, 4) is 0 Å². The molecule has 2 aromatic heterocycles. The Hall–Kier alpha value is -4.63. The number of aryl methyl sites for hydroxylation is 2. The summed E-state index contributed by atoms with van der Waals surface area (Å²) in [6, 6.07) is 14.6. The average Bonchev–Trinajstić information content (AvgIpc) is 3.49. The normalized spacial score (nSPS) is 12.8. The highest BCUT2D eigenvalue weighted by molar-refractivity contribution is 6.00. The summed E-state index contributed by atoms with van der Waals surface area (Å²) in [7, 11) is 0. The maximum atomic E-state index is 14.0. The second-order valence-corrected chi connectivity index (χ2v) is 13.7. The lowest BCUT2D eigenvalue weighted by atomic mass is 9.86. The molecule has 0 spiro atoms. The van der Waals surface area contributed by atoms with Crippen LogP contribution in [0, 0.1) is 0 Å². The van der Waals surface area contributed by atoms with Crippen LogP contribution in [0.1, 0.15) is 86.1 Å². The number of aliphatic hydroxyl groups is 1. The number of aliphatic carboxylic acids is 1. The van der Waals surface area contributed by atoms with Gasteiger partial charge in [0.1, 0.15) is 11.4 Å². The van der Waals surface area contributed by atoms with E-state index in [2.05, 4.69) is 4.90 Å². The number of Topliss-reactive ketones (excluding diaryl/α,β-unsaturated/α-hetero) is 1. The van der Waals surface area contributed by atoms with E-state index in [0.29, 0.717) is 80.1 Å². The Morgan fingerprint density at radius 1 is 0.925 bits per heavy atom. The van der Waals surface area contributed by atoms with Gasteiger partial charge >= 0.3 is 11.7 Å². The van der Waals surface area contributed by atoms with Crippen molar-refractivity contribution >= 4 is 28.6 Å². The highest BCUT2D eigenvalue weighted by Crippen LogP contribution is 2.24. The molecule has 14 nitrogen and oxygen atoms in total. The molecule has 0 fully saturated rings. The molecule has 53 heavy (non-hydrogen) atoms. The number of aromatic nitrogens is 4. The SMILES string of the molecule is CCCn1c(=O)c2c(nc(Cc3ccccc3)n2CCN(CC)CCO)n(CCc2ccc(C(=O)CC(N)(CCCCCCN)C(=O)O)cc2N)c1=O. The maximum Gasteiger partial charge on any atom is 0.332 e. The number of carbonyl (C=O) groups excluding carboxylic acids is 1. The maximum absolute atomic E-state index is 14.0. The van der Waals surface area contributed by atoms with Crippen LogP contribution < -0.4 is 28.5 Å². The summed E-state index contributed by atoms with van der Waals surface area (Å²) in [5.74, 6) is -0.990. The van der Waals surface area contributed by atoms with Gasteiger partial charge in [-0.1, -0.05) is 75.6 Å². The van der Waals surface area contributed by atoms with E-state index in [4.69, 9.17) is 22.2 Å². The number of rotatable bonds is 23. The number of ketones is 1. The number of carbonyl (C=O) groups is 2. The molecule has 14 heteroatoms. The number of hydrogen-bond donors (Lipinski definition) is 5. The summed E-state index contributed by atoms with van der Waals surface area (Å²) < 4.78 is 4.71. The number of fused-ring (bicyclic) bond motifs is 1. The lowest BCUT2D eigenvalue weighted by Crippen LogP contribution is -2.49. The van der Waals surface area contributed by atoms with Crippen LogP contribution in [0.2, 0.25) is 0 Å². The van der Waals surface area contributed by atoms with Crippen LogP contribution in [0.25, 0.3) is 11.2 Å². The number of nitrogens with zero attached hydrogens (tertiary/aromatic N) is 5. The molecule has 2 aromatic carbocycles. The van der Waals surface area contributed by atoms with Crippen LogP contribution in [0.15, 0.2) is 58.1 Å². The first kappa shape index (κ1) is 41.1. The van der Waals surface area contributed by atoms with Gasteiger partial charge in [-0.3, -0.25) is 28.4 Å². The summed E-state index contributed by atoms with van der Waals surface area (Å²) in [5.41, 5.74) is 18.6. The Bertz CT molecular complexity index is 1950. The molecule has 4 aromatic rings. The highest BCUT2D eigenvalue weighted by atomic mass is 16.4. The average molecular weight is 733 g/mol. The lowest BCUT2D eigenvalue weighted by molar-refractivity contribution is -0.143. The van der Waals surface area contributed by atoms with Crippen LogP contribution >= 0.6 is 0 Å². The first-order valence-electron chi connectivity index (χ1n) is 18.7. The number of hydrogen-bond acceptors (Lipinski definition) is 10. The Kier molecular flexibility index (Phi) is 15.1. The van der Waals surface area contributed by atoms with Crippen LogP contribution in [0.4, 0.5) is 5.69 Å². The minimum atomic E-state index is -1.70. The third-order valence-corrected chi connectivity index (χ3v) is 9.90. The fourth-order valence-corrected chi connectivity index (χ4v) is 6.75. The quantitative estimate of drug-likeness (QED) is 0.0424. The minimum Gasteiger partial charge on any atom is -0.480 e. The van der Waals surface area contributed by atoms with E-state index >= 15 is 0 Å². The van der Waals surface area contributed by atoms with Gasteiger partial charge in [-0.2, -0.15) is 0 Å². The molecular weight excluding hydrogens is 676 g/mol. The smallest absolute Gasteiger partial charge is 0.332 e. The van der Waals surface area contributed by atoms with Gasteiger partial charge in [0.05, 0.1) is 6.61 Å². The number of anilines is 1. The molecule has 0 bridgehead atoms. The predicted molar refractivity (Wildman–Crippen MR) is 207 cm³/mol. The van der Waals surface area contributed by atoms with Crippen molar-refractivity contribution in [1.29, 1.82) is 0 Å². The molecule has 0 aliphatic rings. The van der Waals surface area contributed by atoms with Crippen LogP contribution in [-0.2, 0) is 37.3 Å². The zero-order valence-electron chi connectivity index (χ0n) is 31.1. The predicted octanol–water partition coefficient (Wildman–Crippen LogP) is 2.76. The topological polar surface area (TPSA) is 218 Å². The molecule has 288 valence electrons. The van der Waals surface area contributed by atoms with E-state index in [1.165, 1.54) is 15.2 Å². The van der Waals surface area contributed by atoms with Gasteiger partial charge in [0.25, 0.3) is 5.56 Å². The Labute approximate surface area is 310 Å². The van der Waals surface area contributed by atoms with Crippen molar-refractivity contribution in [3.63, 3.8) is 0 Å². The molecule has 1 atom stereocenters. The first-order valence-corrected chi connectivity index (χ1v) is 18.7. The summed E-state index contributed by atoms with van der Waals surface area (Å²) in [6.07, 6.45) is 4.20. The zero-order valence-corrected chi connectivity index (χ0v) is 31.1. The minimum absolute atomic E-state index is 0.0165. The molecular formula is C39H56N8O6. The van der Waals surface area contributed by atoms with Gasteiger partial charge in [0, 0.05) is 56.8 Å². The Morgan fingerprint density at radius 2 is 1.66 bits per heavy atom. The molecule has 0 saturated carbocycles. The van der Waals surface area contributed by atoms with Gasteiger partial charge in [0.15, 0.2) is 16.9 Å². The monoisotopic (exact) mass is 732 g/mol. The molecule has 0 radical (unpaired) electrons. The molecule has 8 N–H and O–H groups in total. The molecule has 2 heterocycles. The summed E-state index contributed by atoms with van der Waals surface area (Å²) >= 11 is 0. The molecule has 0 amide bonds. The van der Waals surface area contributed by atoms with Crippen molar-refractivity contribution in [3.05, 3.63) is 91.9 Å². The molecule has 1 unspecified atom stereocenters. The number of nitrogen functional groups attached to an aromatic ring is 1. The number of nitrogens with two attached hydrogens (primary N) is 3. The number of imidazole rings is 1. The van der Waals surface area contributed by atoms with Crippen LogP contribution in [-0.4, -0.2) is 83.9 Å². The second-order valence-electron chi connectivity index (χ2n) is 13.7. The van der Waals surface area contributed by atoms with Crippen LogP contribution in [0.5, 0.6) is 0 Å². The van der Waals surface area contributed by atoms with Gasteiger partial charge in [-0.15, -0.1) is 0 Å². The number of benzene rings is 2.